The molecule has 2 amide bonds. The second-order valence-electron chi connectivity index (χ2n) is 3.25. The first-order valence-corrected chi connectivity index (χ1v) is 4.21. The van der Waals surface area contributed by atoms with Crippen molar-refractivity contribution in [2.75, 3.05) is 0 Å². The van der Waals surface area contributed by atoms with E-state index >= 15 is 0 Å². The minimum Gasteiger partial charge on any atom is -0.345 e. The van der Waals surface area contributed by atoms with Gasteiger partial charge in [0, 0.05) is 11.8 Å². The molecule has 0 aromatic rings. The molecule has 0 radical (unpaired) electrons. The molecule has 0 spiro atoms. The largest absolute Gasteiger partial charge is 0.345 e. The first kappa shape index (κ1) is 9.70. The number of hydrazone groups is 1. The van der Waals surface area contributed by atoms with Crippen molar-refractivity contribution in [3.05, 3.63) is 0 Å². The molecule has 0 heterocycles. The maximum atomic E-state index is 11.0. The van der Waals surface area contributed by atoms with Crippen molar-refractivity contribution in [1.82, 2.24) is 10.7 Å². The van der Waals surface area contributed by atoms with Crippen molar-refractivity contribution < 1.29 is 9.59 Å². The minimum absolute atomic E-state index is 0.199. The van der Waals surface area contributed by atoms with Crippen LogP contribution < -0.4 is 10.7 Å². The molecular weight excluding hydrogens is 170 g/mol. The Morgan fingerprint density at radius 2 is 1.85 bits per heavy atom. The lowest BCUT2D eigenvalue weighted by molar-refractivity contribution is -0.139. The Hall–Kier alpha value is -1.39. The van der Waals surface area contributed by atoms with E-state index in [4.69, 9.17) is 0 Å². The predicted octanol–water partition coefficient (Wildman–Crippen LogP) is -0.223. The van der Waals surface area contributed by atoms with Crippen LogP contribution in [0.15, 0.2) is 5.10 Å². The highest BCUT2D eigenvalue weighted by atomic mass is 16.2. The Morgan fingerprint density at radius 1 is 1.23 bits per heavy atom. The van der Waals surface area contributed by atoms with E-state index in [1.807, 2.05) is 0 Å². The van der Waals surface area contributed by atoms with E-state index < -0.39 is 11.8 Å². The molecule has 1 aliphatic carbocycles. The van der Waals surface area contributed by atoms with E-state index in [1.54, 1.807) is 13.8 Å². The molecular formula is C8H13N3O2. The number of carbonyl (C=O) groups is 2. The first-order chi connectivity index (χ1) is 6.09. The fraction of sp³-hybridized carbons (Fsp3) is 0.625. The smallest absolute Gasteiger partial charge is 0.329 e. The lowest BCUT2D eigenvalue weighted by Gasteiger charge is -2.00. The fourth-order valence-electron chi connectivity index (χ4n) is 0.692. The van der Waals surface area contributed by atoms with Crippen molar-refractivity contribution >= 4 is 17.5 Å². The molecule has 13 heavy (non-hydrogen) atoms. The zero-order valence-corrected chi connectivity index (χ0v) is 7.76. The van der Waals surface area contributed by atoms with Gasteiger partial charge in [0.05, 0.1) is 0 Å². The van der Waals surface area contributed by atoms with Crippen LogP contribution in [0.2, 0.25) is 0 Å². The number of rotatable bonds is 2. The zero-order valence-electron chi connectivity index (χ0n) is 7.76. The fourth-order valence-corrected chi connectivity index (χ4v) is 0.692. The average Bonchev–Trinajstić information content (AvgIpc) is 2.83. The van der Waals surface area contributed by atoms with Gasteiger partial charge in [-0.15, -0.1) is 0 Å². The summed E-state index contributed by atoms with van der Waals surface area (Å²) in [6, 6.07) is 0.199. The third-order valence-electron chi connectivity index (χ3n) is 1.50. The molecule has 0 atom stereocenters. The summed E-state index contributed by atoms with van der Waals surface area (Å²) in [6.07, 6.45) is 1.93. The van der Waals surface area contributed by atoms with Crippen molar-refractivity contribution in [3.8, 4) is 0 Å². The van der Waals surface area contributed by atoms with Gasteiger partial charge in [0.15, 0.2) is 0 Å². The molecule has 1 saturated carbocycles. The molecule has 1 aliphatic rings. The maximum Gasteiger partial charge on any atom is 0.329 e. The average molecular weight is 183 g/mol. The van der Waals surface area contributed by atoms with Gasteiger partial charge in [-0.05, 0) is 26.7 Å². The monoisotopic (exact) mass is 183 g/mol. The summed E-state index contributed by atoms with van der Waals surface area (Å²) in [5.74, 6) is -1.30. The van der Waals surface area contributed by atoms with Gasteiger partial charge in [-0.1, -0.05) is 0 Å². The Bertz CT molecular complexity index is 252. The van der Waals surface area contributed by atoms with Gasteiger partial charge in [-0.3, -0.25) is 9.59 Å². The van der Waals surface area contributed by atoms with Gasteiger partial charge in [0.25, 0.3) is 0 Å². The summed E-state index contributed by atoms with van der Waals surface area (Å²) in [7, 11) is 0. The van der Waals surface area contributed by atoms with E-state index in [-0.39, 0.29) is 6.04 Å². The van der Waals surface area contributed by atoms with E-state index in [0.29, 0.717) is 5.71 Å². The summed E-state index contributed by atoms with van der Waals surface area (Å²) < 4.78 is 0. The SMILES string of the molecule is CC(C)=NNC(=O)C(=O)NC1CC1. The van der Waals surface area contributed by atoms with Crippen molar-refractivity contribution in [2.24, 2.45) is 5.10 Å². The van der Waals surface area contributed by atoms with Crippen LogP contribution in [0.4, 0.5) is 0 Å². The van der Waals surface area contributed by atoms with E-state index in [0.717, 1.165) is 12.8 Å². The summed E-state index contributed by atoms with van der Waals surface area (Å²) in [5, 5.41) is 6.19. The molecule has 5 nitrogen and oxygen atoms in total. The third-order valence-corrected chi connectivity index (χ3v) is 1.50. The number of hydrogen-bond acceptors (Lipinski definition) is 3. The number of carbonyl (C=O) groups excluding carboxylic acids is 2. The van der Waals surface area contributed by atoms with Crippen LogP contribution in [0.3, 0.4) is 0 Å². The third kappa shape index (κ3) is 3.68. The molecule has 0 aliphatic heterocycles. The molecule has 0 aromatic heterocycles. The van der Waals surface area contributed by atoms with E-state index in [1.165, 1.54) is 0 Å². The molecule has 1 fully saturated rings. The van der Waals surface area contributed by atoms with Crippen molar-refractivity contribution in [1.29, 1.82) is 0 Å². The minimum atomic E-state index is -0.701. The lowest BCUT2D eigenvalue weighted by atomic mass is 10.5. The lowest BCUT2D eigenvalue weighted by Crippen LogP contribution is -2.39. The molecule has 1 rings (SSSR count). The van der Waals surface area contributed by atoms with Crippen LogP contribution in [0.5, 0.6) is 0 Å². The number of hydrogen-bond donors (Lipinski definition) is 2. The van der Waals surface area contributed by atoms with Gasteiger partial charge >= 0.3 is 11.8 Å². The number of nitrogens with one attached hydrogen (secondary N) is 2. The molecule has 0 saturated heterocycles. The maximum absolute atomic E-state index is 11.0. The molecule has 0 unspecified atom stereocenters. The molecule has 72 valence electrons. The van der Waals surface area contributed by atoms with Crippen LogP contribution in [-0.2, 0) is 9.59 Å². The second kappa shape index (κ2) is 4.02. The van der Waals surface area contributed by atoms with Crippen LogP contribution >= 0.6 is 0 Å². The summed E-state index contributed by atoms with van der Waals surface area (Å²) >= 11 is 0. The Morgan fingerprint density at radius 3 is 2.31 bits per heavy atom. The highest BCUT2D eigenvalue weighted by molar-refractivity contribution is 6.35. The topological polar surface area (TPSA) is 70.6 Å². The van der Waals surface area contributed by atoms with Crippen LogP contribution in [-0.4, -0.2) is 23.6 Å². The number of nitrogens with zero attached hydrogens (tertiary/aromatic N) is 1. The standard InChI is InChI=1S/C8H13N3O2/c1-5(2)10-11-8(13)7(12)9-6-3-4-6/h6H,3-4H2,1-2H3,(H,9,12)(H,11,13). The van der Waals surface area contributed by atoms with Gasteiger partial charge in [0.2, 0.25) is 0 Å². The summed E-state index contributed by atoms with van der Waals surface area (Å²) in [6.45, 7) is 3.47. The van der Waals surface area contributed by atoms with Gasteiger partial charge in [-0.25, -0.2) is 5.43 Å². The van der Waals surface area contributed by atoms with Gasteiger partial charge < -0.3 is 5.32 Å². The van der Waals surface area contributed by atoms with Crippen LogP contribution in [0, 0.1) is 0 Å². The van der Waals surface area contributed by atoms with E-state index in [2.05, 4.69) is 15.8 Å². The van der Waals surface area contributed by atoms with Crippen molar-refractivity contribution in [3.63, 3.8) is 0 Å². The van der Waals surface area contributed by atoms with Crippen molar-refractivity contribution in [2.45, 2.75) is 32.7 Å². The highest BCUT2D eigenvalue weighted by Gasteiger charge is 2.26. The van der Waals surface area contributed by atoms with Gasteiger partial charge in [-0.2, -0.15) is 5.10 Å². The predicted molar refractivity (Wildman–Crippen MR) is 48.1 cm³/mol. The van der Waals surface area contributed by atoms with E-state index in [9.17, 15) is 9.59 Å². The quantitative estimate of drug-likeness (QED) is 0.353. The number of amides is 2. The second-order valence-corrected chi connectivity index (χ2v) is 3.25. The van der Waals surface area contributed by atoms with Gasteiger partial charge in [0.1, 0.15) is 0 Å². The highest BCUT2D eigenvalue weighted by Crippen LogP contribution is 2.18. The van der Waals surface area contributed by atoms with Crippen LogP contribution in [0.1, 0.15) is 26.7 Å². The summed E-state index contributed by atoms with van der Waals surface area (Å²) in [4.78, 5) is 22.0. The summed E-state index contributed by atoms with van der Waals surface area (Å²) in [5.41, 5.74) is 2.85. The first-order valence-electron chi connectivity index (χ1n) is 4.21. The van der Waals surface area contributed by atoms with Crippen LogP contribution in [0.25, 0.3) is 0 Å². The molecule has 0 bridgehead atoms. The normalized spacial score (nSPS) is 14.6. The molecule has 2 N–H and O–H groups in total. The zero-order chi connectivity index (χ0) is 9.84. The molecule has 0 aromatic carbocycles. The Labute approximate surface area is 76.6 Å². The Kier molecular flexibility index (Phi) is 3.00. The Balaban J connectivity index is 2.28. The molecule has 5 heteroatoms.